The van der Waals surface area contributed by atoms with Crippen LogP contribution in [0.5, 0.6) is 5.75 Å². The average molecular weight is 278 g/mol. The molecule has 1 aromatic carbocycles. The van der Waals surface area contributed by atoms with Crippen molar-refractivity contribution in [3.8, 4) is 5.75 Å². The molecule has 0 aromatic heterocycles. The summed E-state index contributed by atoms with van der Waals surface area (Å²) < 4.78 is 0. The van der Waals surface area contributed by atoms with Crippen LogP contribution >= 0.6 is 11.6 Å². The van der Waals surface area contributed by atoms with Crippen molar-refractivity contribution in [1.29, 1.82) is 0 Å². The minimum atomic E-state index is 0.216. The third-order valence-corrected chi connectivity index (χ3v) is 4.67. The standard InChI is InChI=1S/C16H20ClNO/c1-18-7-6-12-8-15(17)16(19)9-13(12)14(10-18)11-4-2-3-5-11/h4,8-9,14,19H,2-3,5-7,10H2,1H3/t14-/m0/s1. The number of fused-ring (bicyclic) bond motifs is 1. The molecule has 0 fully saturated rings. The molecule has 102 valence electrons. The Bertz CT molecular complexity index is 524. The Hall–Kier alpha value is -0.990. The van der Waals surface area contributed by atoms with Crippen LogP contribution in [-0.4, -0.2) is 30.1 Å². The lowest BCUT2D eigenvalue weighted by atomic mass is 9.87. The Balaban J connectivity index is 2.06. The van der Waals surface area contributed by atoms with E-state index in [1.165, 1.54) is 36.0 Å². The number of hydrogen-bond acceptors (Lipinski definition) is 2. The molecule has 2 aliphatic rings. The van der Waals surface area contributed by atoms with Gasteiger partial charge in [-0.3, -0.25) is 0 Å². The molecule has 1 atom stereocenters. The summed E-state index contributed by atoms with van der Waals surface area (Å²) in [5.41, 5.74) is 4.11. The van der Waals surface area contributed by atoms with E-state index in [2.05, 4.69) is 18.0 Å². The van der Waals surface area contributed by atoms with Gasteiger partial charge in [0.15, 0.2) is 0 Å². The zero-order valence-corrected chi connectivity index (χ0v) is 12.1. The SMILES string of the molecule is CN1CCc2cc(Cl)c(O)cc2[C@H](C2=CCCC2)C1. The molecule has 0 amide bonds. The van der Waals surface area contributed by atoms with Gasteiger partial charge in [-0.05, 0) is 56.0 Å². The number of aromatic hydroxyl groups is 1. The number of rotatable bonds is 1. The van der Waals surface area contributed by atoms with Gasteiger partial charge in [0, 0.05) is 19.0 Å². The quantitative estimate of drug-likeness (QED) is 0.791. The van der Waals surface area contributed by atoms with Crippen molar-refractivity contribution in [3.63, 3.8) is 0 Å². The van der Waals surface area contributed by atoms with Crippen LogP contribution in [0.25, 0.3) is 0 Å². The van der Waals surface area contributed by atoms with Crippen molar-refractivity contribution < 1.29 is 5.11 Å². The van der Waals surface area contributed by atoms with Crippen LogP contribution in [-0.2, 0) is 6.42 Å². The van der Waals surface area contributed by atoms with Gasteiger partial charge in [-0.25, -0.2) is 0 Å². The van der Waals surface area contributed by atoms with Crippen LogP contribution in [0.2, 0.25) is 5.02 Å². The minimum absolute atomic E-state index is 0.216. The van der Waals surface area contributed by atoms with Crippen LogP contribution in [0, 0.1) is 0 Å². The van der Waals surface area contributed by atoms with E-state index in [4.69, 9.17) is 11.6 Å². The van der Waals surface area contributed by atoms with Crippen molar-refractivity contribution in [2.45, 2.75) is 31.6 Å². The molecule has 3 rings (SSSR count). The van der Waals surface area contributed by atoms with Crippen LogP contribution < -0.4 is 0 Å². The number of hydrogen-bond donors (Lipinski definition) is 1. The summed E-state index contributed by atoms with van der Waals surface area (Å²) in [6, 6.07) is 3.84. The lowest BCUT2D eigenvalue weighted by molar-refractivity contribution is 0.335. The van der Waals surface area contributed by atoms with Gasteiger partial charge in [0.25, 0.3) is 0 Å². The second kappa shape index (κ2) is 5.18. The van der Waals surface area contributed by atoms with Gasteiger partial charge in [0.05, 0.1) is 5.02 Å². The number of likely N-dealkylation sites (N-methyl/N-ethyl adjacent to an activating group) is 1. The third kappa shape index (κ3) is 2.52. The smallest absolute Gasteiger partial charge is 0.134 e. The zero-order chi connectivity index (χ0) is 13.4. The van der Waals surface area contributed by atoms with Crippen LogP contribution in [0.4, 0.5) is 0 Å². The molecule has 0 saturated heterocycles. The highest BCUT2D eigenvalue weighted by molar-refractivity contribution is 6.32. The fraction of sp³-hybridized carbons (Fsp3) is 0.500. The maximum atomic E-state index is 9.93. The Morgan fingerprint density at radius 1 is 1.32 bits per heavy atom. The average Bonchev–Trinajstić information content (AvgIpc) is 2.86. The van der Waals surface area contributed by atoms with E-state index in [1.54, 1.807) is 0 Å². The van der Waals surface area contributed by atoms with Gasteiger partial charge in [0.2, 0.25) is 0 Å². The van der Waals surface area contributed by atoms with Crippen molar-refractivity contribution >= 4 is 11.6 Å². The molecule has 0 radical (unpaired) electrons. The molecule has 1 aromatic rings. The molecule has 1 aliphatic carbocycles. The highest BCUT2D eigenvalue weighted by Gasteiger charge is 2.26. The van der Waals surface area contributed by atoms with E-state index in [0.717, 1.165) is 19.5 Å². The van der Waals surface area contributed by atoms with Gasteiger partial charge in [-0.1, -0.05) is 23.3 Å². The number of allylic oxidation sites excluding steroid dienone is 1. The summed E-state index contributed by atoms with van der Waals surface area (Å²) >= 11 is 6.06. The van der Waals surface area contributed by atoms with Crippen molar-refractivity contribution in [2.75, 3.05) is 20.1 Å². The van der Waals surface area contributed by atoms with Crippen molar-refractivity contribution in [2.24, 2.45) is 0 Å². The summed E-state index contributed by atoms with van der Waals surface area (Å²) in [7, 11) is 2.18. The molecule has 1 aliphatic heterocycles. The fourth-order valence-corrected chi connectivity index (χ4v) is 3.49. The maximum absolute atomic E-state index is 9.93. The molecule has 2 nitrogen and oxygen atoms in total. The highest BCUT2D eigenvalue weighted by atomic mass is 35.5. The minimum Gasteiger partial charge on any atom is -0.506 e. The molecule has 0 bridgehead atoms. The predicted octanol–water partition coefficient (Wildman–Crippen LogP) is 3.73. The maximum Gasteiger partial charge on any atom is 0.134 e. The van der Waals surface area contributed by atoms with Crippen molar-refractivity contribution in [3.05, 3.63) is 39.9 Å². The van der Waals surface area contributed by atoms with Crippen LogP contribution in [0.3, 0.4) is 0 Å². The van der Waals surface area contributed by atoms with Gasteiger partial charge in [-0.15, -0.1) is 0 Å². The molecule has 0 saturated carbocycles. The van der Waals surface area contributed by atoms with E-state index in [-0.39, 0.29) is 5.75 Å². The molecule has 1 heterocycles. The molecular weight excluding hydrogens is 258 g/mol. The summed E-state index contributed by atoms with van der Waals surface area (Å²) in [6.07, 6.45) is 7.06. The number of halogens is 1. The fourth-order valence-electron chi connectivity index (χ4n) is 3.30. The third-order valence-electron chi connectivity index (χ3n) is 4.36. The monoisotopic (exact) mass is 277 g/mol. The lowest BCUT2D eigenvalue weighted by Gasteiger charge is -2.23. The van der Waals surface area contributed by atoms with Crippen molar-refractivity contribution in [1.82, 2.24) is 4.90 Å². The highest BCUT2D eigenvalue weighted by Crippen LogP contribution is 2.39. The van der Waals surface area contributed by atoms with Gasteiger partial charge >= 0.3 is 0 Å². The molecular formula is C16H20ClNO. The first kappa shape index (κ1) is 13.0. The Morgan fingerprint density at radius 3 is 2.89 bits per heavy atom. The molecule has 3 heteroatoms. The molecule has 0 spiro atoms. The first-order valence-electron chi connectivity index (χ1n) is 7.04. The molecule has 0 unspecified atom stereocenters. The second-order valence-electron chi connectivity index (χ2n) is 5.74. The zero-order valence-electron chi connectivity index (χ0n) is 11.3. The first-order chi connectivity index (χ1) is 9.15. The van der Waals surface area contributed by atoms with E-state index in [0.29, 0.717) is 10.9 Å². The predicted molar refractivity (Wildman–Crippen MR) is 79.0 cm³/mol. The first-order valence-corrected chi connectivity index (χ1v) is 7.41. The summed E-state index contributed by atoms with van der Waals surface area (Å²) in [5, 5.41) is 10.4. The Labute approximate surface area is 119 Å². The topological polar surface area (TPSA) is 23.5 Å². The molecule has 19 heavy (non-hydrogen) atoms. The van der Waals surface area contributed by atoms with Gasteiger partial charge in [-0.2, -0.15) is 0 Å². The van der Waals surface area contributed by atoms with E-state index < -0.39 is 0 Å². The lowest BCUT2D eigenvalue weighted by Crippen LogP contribution is -2.24. The Morgan fingerprint density at radius 2 is 2.16 bits per heavy atom. The molecule has 1 N–H and O–H groups in total. The van der Waals surface area contributed by atoms with E-state index in [9.17, 15) is 5.11 Å². The van der Waals surface area contributed by atoms with Crippen LogP contribution in [0.15, 0.2) is 23.8 Å². The Kier molecular flexibility index (Phi) is 3.55. The summed E-state index contributed by atoms with van der Waals surface area (Å²) in [6.45, 7) is 2.10. The summed E-state index contributed by atoms with van der Waals surface area (Å²) in [5.74, 6) is 0.640. The number of benzene rings is 1. The van der Waals surface area contributed by atoms with Gasteiger partial charge < -0.3 is 10.0 Å². The second-order valence-corrected chi connectivity index (χ2v) is 6.15. The van der Waals surface area contributed by atoms with E-state index >= 15 is 0 Å². The van der Waals surface area contributed by atoms with Gasteiger partial charge in [0.1, 0.15) is 5.75 Å². The van der Waals surface area contributed by atoms with E-state index in [1.807, 2.05) is 12.1 Å². The van der Waals surface area contributed by atoms with Crippen LogP contribution in [0.1, 0.15) is 36.3 Å². The number of phenolic OH excluding ortho intramolecular Hbond substituents is 1. The normalized spacial score (nSPS) is 23.9. The number of nitrogens with zero attached hydrogens (tertiary/aromatic N) is 1. The number of phenols is 1. The summed E-state index contributed by atoms with van der Waals surface area (Å²) in [4.78, 5) is 2.38. The largest absolute Gasteiger partial charge is 0.506 e.